The third-order valence-electron chi connectivity index (χ3n) is 4.42. The van der Waals surface area contributed by atoms with Crippen LogP contribution in [0.5, 0.6) is 11.8 Å². The van der Waals surface area contributed by atoms with Crippen molar-refractivity contribution >= 4 is 11.6 Å². The third kappa shape index (κ3) is 4.59. The first-order valence-electron chi connectivity index (χ1n) is 9.40. The highest BCUT2D eigenvalue weighted by Gasteiger charge is 2.40. The van der Waals surface area contributed by atoms with Crippen LogP contribution < -0.4 is 10.1 Å². The summed E-state index contributed by atoms with van der Waals surface area (Å²) in [6.07, 6.45) is -0.846. The van der Waals surface area contributed by atoms with Crippen LogP contribution in [0.2, 0.25) is 0 Å². The Bertz CT molecular complexity index is 1220. The molecule has 0 spiro atoms. The highest BCUT2D eigenvalue weighted by molar-refractivity contribution is 6.05. The van der Waals surface area contributed by atoms with E-state index < -0.39 is 23.3 Å². The van der Waals surface area contributed by atoms with Gasteiger partial charge >= 0.3 is 12.2 Å². The zero-order valence-electron chi connectivity index (χ0n) is 16.7. The van der Waals surface area contributed by atoms with E-state index in [1.54, 1.807) is 18.2 Å². The van der Waals surface area contributed by atoms with Crippen LogP contribution in [0, 0.1) is 6.92 Å². The van der Waals surface area contributed by atoms with Crippen LogP contribution in [0.25, 0.3) is 5.69 Å². The molecule has 32 heavy (non-hydrogen) atoms. The summed E-state index contributed by atoms with van der Waals surface area (Å²) in [6, 6.07) is 14.2. The minimum atomic E-state index is -4.79. The minimum Gasteiger partial charge on any atom is -0.424 e. The lowest BCUT2D eigenvalue weighted by molar-refractivity contribution is -0.143. The van der Waals surface area contributed by atoms with E-state index in [-0.39, 0.29) is 17.4 Å². The Hall–Kier alpha value is -4.21. The average Bonchev–Trinajstić information content (AvgIpc) is 3.22. The summed E-state index contributed by atoms with van der Waals surface area (Å²) >= 11 is 0. The van der Waals surface area contributed by atoms with Crippen LogP contribution in [-0.4, -0.2) is 25.7 Å². The van der Waals surface area contributed by atoms with Crippen molar-refractivity contribution in [3.63, 3.8) is 0 Å². The molecule has 4 rings (SSSR count). The van der Waals surface area contributed by atoms with Crippen molar-refractivity contribution in [1.82, 2.24) is 19.7 Å². The number of aryl methyl sites for hydroxylation is 1. The van der Waals surface area contributed by atoms with Gasteiger partial charge in [0.25, 0.3) is 5.91 Å². The summed E-state index contributed by atoms with van der Waals surface area (Å²) < 4.78 is 47.6. The number of anilines is 1. The van der Waals surface area contributed by atoms with Crippen LogP contribution in [0.15, 0.2) is 73.2 Å². The van der Waals surface area contributed by atoms with E-state index in [1.807, 2.05) is 6.92 Å². The van der Waals surface area contributed by atoms with Gasteiger partial charge in [-0.2, -0.15) is 18.3 Å². The molecule has 0 saturated carbocycles. The second kappa shape index (κ2) is 8.50. The van der Waals surface area contributed by atoms with Crippen molar-refractivity contribution in [2.75, 3.05) is 5.32 Å². The molecule has 1 amide bonds. The Labute approximate surface area is 180 Å². The number of rotatable bonds is 5. The van der Waals surface area contributed by atoms with Crippen molar-refractivity contribution in [3.8, 4) is 17.4 Å². The summed E-state index contributed by atoms with van der Waals surface area (Å²) in [7, 11) is 0. The number of alkyl halides is 3. The molecule has 0 aliphatic rings. The number of halogens is 3. The Balaban J connectivity index is 1.56. The molecule has 1 N–H and O–H groups in total. The van der Waals surface area contributed by atoms with Gasteiger partial charge in [0.15, 0.2) is 5.69 Å². The topological polar surface area (TPSA) is 81.9 Å². The van der Waals surface area contributed by atoms with E-state index in [1.165, 1.54) is 48.8 Å². The van der Waals surface area contributed by atoms with Crippen LogP contribution >= 0.6 is 0 Å². The number of benzene rings is 2. The van der Waals surface area contributed by atoms with Gasteiger partial charge in [-0.25, -0.2) is 14.6 Å². The van der Waals surface area contributed by atoms with E-state index in [4.69, 9.17) is 4.74 Å². The van der Waals surface area contributed by atoms with Gasteiger partial charge < -0.3 is 10.1 Å². The smallest absolute Gasteiger partial charge is 0.424 e. The number of nitrogens with zero attached hydrogens (tertiary/aromatic N) is 4. The second-order valence-corrected chi connectivity index (χ2v) is 6.76. The van der Waals surface area contributed by atoms with Crippen molar-refractivity contribution in [3.05, 3.63) is 90.0 Å². The number of hydrogen-bond acceptors (Lipinski definition) is 5. The number of amides is 1. The van der Waals surface area contributed by atoms with Crippen LogP contribution in [0.1, 0.15) is 21.6 Å². The first kappa shape index (κ1) is 21.0. The molecule has 0 aliphatic heterocycles. The quantitative estimate of drug-likeness (QED) is 0.472. The maximum absolute atomic E-state index is 13.8. The standard InChI is InChI=1S/C22H16F3N5O2/c1-14-3-7-16(8-4-14)30-19(22(23,24)25)18(13-28-30)20(31)29-15-5-9-17(10-6-15)32-21-26-11-2-12-27-21/h2-13H,1H3,(H,29,31). The zero-order valence-corrected chi connectivity index (χ0v) is 16.7. The molecule has 0 radical (unpaired) electrons. The largest absolute Gasteiger partial charge is 0.434 e. The number of nitrogens with one attached hydrogen (secondary N) is 1. The summed E-state index contributed by atoms with van der Waals surface area (Å²) in [6.45, 7) is 1.82. The number of carbonyl (C=O) groups is 1. The molecule has 0 unspecified atom stereocenters. The van der Waals surface area contributed by atoms with Crippen molar-refractivity contribution in [2.24, 2.45) is 0 Å². The lowest BCUT2D eigenvalue weighted by Crippen LogP contribution is -2.20. The summed E-state index contributed by atoms with van der Waals surface area (Å²) in [5, 5.41) is 6.26. The molecule has 4 aromatic rings. The summed E-state index contributed by atoms with van der Waals surface area (Å²) in [5.74, 6) is -0.534. The summed E-state index contributed by atoms with van der Waals surface area (Å²) in [5.41, 5.74) is -0.367. The fourth-order valence-electron chi connectivity index (χ4n) is 2.92. The fourth-order valence-corrected chi connectivity index (χ4v) is 2.92. The van der Waals surface area contributed by atoms with Gasteiger partial charge in [-0.05, 0) is 49.4 Å². The zero-order chi connectivity index (χ0) is 22.7. The van der Waals surface area contributed by atoms with Crippen molar-refractivity contribution in [2.45, 2.75) is 13.1 Å². The first-order chi connectivity index (χ1) is 15.3. The molecule has 7 nitrogen and oxygen atoms in total. The van der Waals surface area contributed by atoms with Crippen molar-refractivity contribution in [1.29, 1.82) is 0 Å². The van der Waals surface area contributed by atoms with Gasteiger partial charge in [0.1, 0.15) is 5.75 Å². The first-order valence-corrected chi connectivity index (χ1v) is 9.40. The van der Waals surface area contributed by atoms with E-state index >= 15 is 0 Å². The second-order valence-electron chi connectivity index (χ2n) is 6.76. The molecular weight excluding hydrogens is 423 g/mol. The monoisotopic (exact) mass is 439 g/mol. The van der Waals surface area contributed by atoms with Gasteiger partial charge in [-0.3, -0.25) is 4.79 Å². The molecule has 0 saturated heterocycles. The maximum Gasteiger partial charge on any atom is 0.434 e. The lowest BCUT2D eigenvalue weighted by Gasteiger charge is -2.13. The number of hydrogen-bond donors (Lipinski definition) is 1. The Morgan fingerprint density at radius 2 is 1.66 bits per heavy atom. The Kier molecular flexibility index (Phi) is 5.59. The van der Waals surface area contributed by atoms with Gasteiger partial charge in [0.2, 0.25) is 0 Å². The van der Waals surface area contributed by atoms with Crippen molar-refractivity contribution < 1.29 is 22.7 Å². The number of aromatic nitrogens is 4. The number of ether oxygens (including phenoxy) is 1. The van der Waals surface area contributed by atoms with Gasteiger partial charge in [-0.1, -0.05) is 17.7 Å². The van der Waals surface area contributed by atoms with E-state index in [0.717, 1.165) is 11.8 Å². The van der Waals surface area contributed by atoms with E-state index in [2.05, 4.69) is 20.4 Å². The SMILES string of the molecule is Cc1ccc(-n2ncc(C(=O)Nc3ccc(Oc4ncccn4)cc3)c2C(F)(F)F)cc1. The van der Waals surface area contributed by atoms with Gasteiger partial charge in [0.05, 0.1) is 17.4 Å². The van der Waals surface area contributed by atoms with Crippen LogP contribution in [0.3, 0.4) is 0 Å². The van der Waals surface area contributed by atoms with E-state index in [9.17, 15) is 18.0 Å². The molecule has 162 valence electrons. The molecule has 2 aromatic carbocycles. The normalized spacial score (nSPS) is 11.2. The summed E-state index contributed by atoms with van der Waals surface area (Å²) in [4.78, 5) is 20.5. The van der Waals surface area contributed by atoms with Gasteiger partial charge in [0, 0.05) is 18.1 Å². The third-order valence-corrected chi connectivity index (χ3v) is 4.42. The molecular formula is C22H16F3N5O2. The van der Waals surface area contributed by atoms with Crippen LogP contribution in [-0.2, 0) is 6.18 Å². The molecule has 2 aromatic heterocycles. The predicted octanol–water partition coefficient (Wildman–Crippen LogP) is 5.03. The number of carbonyl (C=O) groups excluding carboxylic acids is 1. The average molecular weight is 439 g/mol. The van der Waals surface area contributed by atoms with Crippen LogP contribution in [0.4, 0.5) is 18.9 Å². The molecule has 0 aliphatic carbocycles. The molecule has 0 atom stereocenters. The highest BCUT2D eigenvalue weighted by Crippen LogP contribution is 2.34. The molecule has 0 bridgehead atoms. The Morgan fingerprint density at radius 3 is 2.28 bits per heavy atom. The Morgan fingerprint density at radius 1 is 1.00 bits per heavy atom. The minimum absolute atomic E-state index is 0.141. The molecule has 0 fully saturated rings. The van der Waals surface area contributed by atoms with E-state index in [0.29, 0.717) is 10.4 Å². The highest BCUT2D eigenvalue weighted by atomic mass is 19.4. The molecule has 10 heteroatoms. The van der Waals surface area contributed by atoms with Gasteiger partial charge in [-0.15, -0.1) is 0 Å². The molecule has 2 heterocycles. The predicted molar refractivity (Wildman–Crippen MR) is 110 cm³/mol. The fraction of sp³-hybridized carbons (Fsp3) is 0.0909. The lowest BCUT2D eigenvalue weighted by atomic mass is 10.2. The maximum atomic E-state index is 13.8.